The number of ether oxygens (including phenoxy) is 2. The molecule has 3 aromatic carbocycles. The monoisotopic (exact) mass is 488 g/mol. The molecule has 0 aromatic heterocycles. The highest BCUT2D eigenvalue weighted by molar-refractivity contribution is 6.30. The molecule has 6 heteroatoms. The Labute approximate surface area is 212 Å². The van der Waals surface area contributed by atoms with Gasteiger partial charge in [-0.15, -0.1) is 0 Å². The van der Waals surface area contributed by atoms with Crippen molar-refractivity contribution in [2.24, 2.45) is 0 Å². The molecule has 1 N–H and O–H groups in total. The molecule has 0 aliphatic rings. The Bertz CT molecular complexity index is 1210. The largest absolute Gasteiger partial charge is 0.490 e. The third kappa shape index (κ3) is 7.63. The number of amides is 1. The van der Waals surface area contributed by atoms with Gasteiger partial charge in [0.15, 0.2) is 0 Å². The van der Waals surface area contributed by atoms with Crippen LogP contribution in [0.2, 0.25) is 5.02 Å². The van der Waals surface area contributed by atoms with Crippen LogP contribution in [0.1, 0.15) is 42.9 Å². The van der Waals surface area contributed by atoms with Crippen molar-refractivity contribution < 1.29 is 14.3 Å². The first-order chi connectivity index (χ1) is 16.9. The summed E-state index contributed by atoms with van der Waals surface area (Å²) in [5.74, 6) is 1.28. The summed E-state index contributed by atoms with van der Waals surface area (Å²) >= 11 is 6.16. The summed E-state index contributed by atoms with van der Waals surface area (Å²) in [5, 5.41) is 12.8. The molecule has 35 heavy (non-hydrogen) atoms. The van der Waals surface area contributed by atoms with E-state index in [0.29, 0.717) is 34.5 Å². The van der Waals surface area contributed by atoms with E-state index in [1.165, 1.54) is 11.6 Å². The van der Waals surface area contributed by atoms with Gasteiger partial charge in [0.1, 0.15) is 36.4 Å². The predicted molar refractivity (Wildman–Crippen MR) is 141 cm³/mol. The Balaban J connectivity index is 1.64. The van der Waals surface area contributed by atoms with E-state index >= 15 is 0 Å². The zero-order valence-electron chi connectivity index (χ0n) is 20.2. The molecule has 1 amide bonds. The number of nitrogens with zero attached hydrogens (tertiary/aromatic N) is 1. The van der Waals surface area contributed by atoms with Crippen molar-refractivity contribution in [3.63, 3.8) is 0 Å². The first-order valence-corrected chi connectivity index (χ1v) is 11.9. The summed E-state index contributed by atoms with van der Waals surface area (Å²) in [4.78, 5) is 12.6. The summed E-state index contributed by atoms with van der Waals surface area (Å²) in [6, 6.07) is 22.4. The van der Waals surface area contributed by atoms with E-state index in [9.17, 15) is 10.1 Å². The van der Waals surface area contributed by atoms with Gasteiger partial charge in [0.25, 0.3) is 5.91 Å². The average Bonchev–Trinajstić information content (AvgIpc) is 2.87. The third-order valence-corrected chi connectivity index (χ3v) is 5.85. The lowest BCUT2D eigenvalue weighted by molar-refractivity contribution is -0.112. The topological polar surface area (TPSA) is 71.3 Å². The molecule has 3 aromatic rings. The highest BCUT2D eigenvalue weighted by Crippen LogP contribution is 2.26. The Morgan fingerprint density at radius 1 is 1.06 bits per heavy atom. The summed E-state index contributed by atoms with van der Waals surface area (Å²) in [6.07, 6.45) is 2.56. The Morgan fingerprint density at radius 2 is 1.74 bits per heavy atom. The Hall–Kier alpha value is -3.75. The van der Waals surface area contributed by atoms with Crippen LogP contribution >= 0.6 is 11.6 Å². The number of hydrogen-bond acceptors (Lipinski definition) is 4. The van der Waals surface area contributed by atoms with E-state index in [1.807, 2.05) is 37.3 Å². The van der Waals surface area contributed by atoms with Gasteiger partial charge >= 0.3 is 0 Å². The SMILES string of the molecule is CC[C@@H](C)c1ccc(OCCOc2ccc(Cl)cc2/C=C(\C#N)C(=O)Nc2ccc(C)cc2)cc1. The van der Waals surface area contributed by atoms with Crippen LogP contribution in [-0.4, -0.2) is 19.1 Å². The second kappa shape index (κ2) is 12.6. The minimum Gasteiger partial charge on any atom is -0.490 e. The van der Waals surface area contributed by atoms with Crippen LogP contribution < -0.4 is 14.8 Å². The zero-order valence-corrected chi connectivity index (χ0v) is 20.9. The van der Waals surface area contributed by atoms with Gasteiger partial charge < -0.3 is 14.8 Å². The van der Waals surface area contributed by atoms with Gasteiger partial charge in [-0.3, -0.25) is 4.79 Å². The summed E-state index contributed by atoms with van der Waals surface area (Å²) in [7, 11) is 0. The molecule has 0 unspecified atom stereocenters. The first kappa shape index (κ1) is 25.9. The van der Waals surface area contributed by atoms with Crippen LogP contribution in [0.15, 0.2) is 72.3 Å². The molecule has 180 valence electrons. The van der Waals surface area contributed by atoms with Crippen molar-refractivity contribution in [3.8, 4) is 17.6 Å². The van der Waals surface area contributed by atoms with Gasteiger partial charge in [-0.1, -0.05) is 55.3 Å². The van der Waals surface area contributed by atoms with Gasteiger partial charge in [0.05, 0.1) is 0 Å². The maximum absolute atomic E-state index is 12.6. The highest BCUT2D eigenvalue weighted by Gasteiger charge is 2.12. The molecule has 0 bridgehead atoms. The molecule has 0 saturated carbocycles. The average molecular weight is 489 g/mol. The van der Waals surface area contributed by atoms with Crippen LogP contribution in [0.25, 0.3) is 6.08 Å². The fourth-order valence-electron chi connectivity index (χ4n) is 3.34. The lowest BCUT2D eigenvalue weighted by Crippen LogP contribution is -2.13. The number of halogens is 1. The second-order valence-corrected chi connectivity index (χ2v) is 8.68. The van der Waals surface area contributed by atoms with E-state index in [0.717, 1.165) is 17.7 Å². The quantitative estimate of drug-likeness (QED) is 0.186. The van der Waals surface area contributed by atoms with Crippen LogP contribution in [-0.2, 0) is 4.79 Å². The molecule has 0 radical (unpaired) electrons. The minimum atomic E-state index is -0.508. The van der Waals surface area contributed by atoms with E-state index in [-0.39, 0.29) is 12.2 Å². The molecule has 1 atom stereocenters. The fraction of sp³-hybridized carbons (Fsp3) is 0.241. The maximum atomic E-state index is 12.6. The lowest BCUT2D eigenvalue weighted by atomic mass is 9.99. The van der Waals surface area contributed by atoms with Gasteiger partial charge in [-0.2, -0.15) is 5.26 Å². The number of aryl methyl sites for hydroxylation is 1. The van der Waals surface area contributed by atoms with Gasteiger partial charge in [0, 0.05) is 16.3 Å². The molecule has 0 fully saturated rings. The maximum Gasteiger partial charge on any atom is 0.266 e. The van der Waals surface area contributed by atoms with Crippen molar-refractivity contribution in [3.05, 3.63) is 94.0 Å². The molecule has 3 rings (SSSR count). The van der Waals surface area contributed by atoms with Crippen LogP contribution in [0.5, 0.6) is 11.5 Å². The number of hydrogen-bond donors (Lipinski definition) is 1. The number of benzene rings is 3. The number of carbonyl (C=O) groups excluding carboxylic acids is 1. The van der Waals surface area contributed by atoms with Gasteiger partial charge in [-0.05, 0) is 73.4 Å². The standard InChI is InChI=1S/C29H29ClN2O3/c1-4-21(3)22-7-12-27(13-8-22)34-15-16-35-28-14-9-25(30)18-23(28)17-24(19-31)29(33)32-26-10-5-20(2)6-11-26/h5-14,17-18,21H,4,15-16H2,1-3H3,(H,32,33)/b24-17+/t21-/m1/s1. The summed E-state index contributed by atoms with van der Waals surface area (Å²) in [6.45, 7) is 6.95. The first-order valence-electron chi connectivity index (χ1n) is 11.5. The van der Waals surface area contributed by atoms with Gasteiger partial charge in [0.2, 0.25) is 0 Å². The van der Waals surface area contributed by atoms with E-state index < -0.39 is 5.91 Å². The third-order valence-electron chi connectivity index (χ3n) is 5.62. The number of anilines is 1. The lowest BCUT2D eigenvalue weighted by Gasteiger charge is -2.13. The van der Waals surface area contributed by atoms with E-state index in [4.69, 9.17) is 21.1 Å². The van der Waals surface area contributed by atoms with Gasteiger partial charge in [-0.25, -0.2) is 0 Å². The van der Waals surface area contributed by atoms with Crippen molar-refractivity contribution in [1.82, 2.24) is 0 Å². The summed E-state index contributed by atoms with van der Waals surface area (Å²) in [5.41, 5.74) is 3.44. The van der Waals surface area contributed by atoms with E-state index in [1.54, 1.807) is 30.3 Å². The predicted octanol–water partition coefficient (Wildman–Crippen LogP) is 7.17. The van der Waals surface area contributed by atoms with Crippen molar-refractivity contribution in [1.29, 1.82) is 5.26 Å². The number of carbonyl (C=O) groups is 1. The number of rotatable bonds is 10. The Kier molecular flexibility index (Phi) is 9.34. The molecule has 5 nitrogen and oxygen atoms in total. The van der Waals surface area contributed by atoms with E-state index in [2.05, 4.69) is 31.3 Å². The Morgan fingerprint density at radius 3 is 2.40 bits per heavy atom. The zero-order chi connectivity index (χ0) is 25.2. The summed E-state index contributed by atoms with van der Waals surface area (Å²) < 4.78 is 11.7. The normalized spacial score (nSPS) is 11.9. The van der Waals surface area contributed by atoms with Crippen molar-refractivity contribution in [2.45, 2.75) is 33.1 Å². The second-order valence-electron chi connectivity index (χ2n) is 8.25. The molecule has 0 saturated heterocycles. The highest BCUT2D eigenvalue weighted by atomic mass is 35.5. The molecular formula is C29H29ClN2O3. The molecular weight excluding hydrogens is 460 g/mol. The molecule has 0 spiro atoms. The molecule has 0 heterocycles. The fourth-order valence-corrected chi connectivity index (χ4v) is 3.52. The smallest absolute Gasteiger partial charge is 0.266 e. The minimum absolute atomic E-state index is 0.0599. The molecule has 0 aliphatic carbocycles. The van der Waals surface area contributed by atoms with Crippen molar-refractivity contribution in [2.75, 3.05) is 18.5 Å². The van der Waals surface area contributed by atoms with Crippen LogP contribution in [0, 0.1) is 18.3 Å². The number of nitriles is 1. The molecule has 0 aliphatic heterocycles. The van der Waals surface area contributed by atoms with Crippen LogP contribution in [0.3, 0.4) is 0 Å². The van der Waals surface area contributed by atoms with Crippen molar-refractivity contribution >= 4 is 29.3 Å². The number of nitrogens with one attached hydrogen (secondary N) is 1. The van der Waals surface area contributed by atoms with Crippen LogP contribution in [0.4, 0.5) is 5.69 Å².